The third-order valence-electron chi connectivity index (χ3n) is 2.46. The highest BCUT2D eigenvalue weighted by molar-refractivity contribution is 9.10. The summed E-state index contributed by atoms with van der Waals surface area (Å²) < 4.78 is 14.3. The van der Waals surface area contributed by atoms with Gasteiger partial charge in [-0.05, 0) is 18.2 Å². The summed E-state index contributed by atoms with van der Waals surface area (Å²) in [5.74, 6) is -1.25. The van der Waals surface area contributed by atoms with Gasteiger partial charge in [-0.15, -0.1) is 0 Å². The summed E-state index contributed by atoms with van der Waals surface area (Å²) in [5, 5.41) is 17.5. The molecule has 0 unspecified atom stereocenters. The summed E-state index contributed by atoms with van der Waals surface area (Å²) >= 11 is 3.26. The SMILES string of the molecule is O=C(O)CCN(CCO)Cc1cc(Br)ccc1F. The number of carboxylic acid groups (broad SMARTS) is 1. The van der Waals surface area contributed by atoms with Crippen molar-refractivity contribution < 1.29 is 19.4 Å². The number of aliphatic hydroxyl groups is 1. The molecule has 0 spiro atoms. The number of aliphatic hydroxyl groups excluding tert-OH is 1. The molecule has 0 fully saturated rings. The van der Waals surface area contributed by atoms with E-state index in [0.717, 1.165) is 4.47 Å². The maximum atomic E-state index is 13.5. The zero-order valence-corrected chi connectivity index (χ0v) is 11.4. The van der Waals surface area contributed by atoms with E-state index in [4.69, 9.17) is 10.2 Å². The number of rotatable bonds is 7. The number of hydrogen-bond acceptors (Lipinski definition) is 3. The van der Waals surface area contributed by atoms with Gasteiger partial charge in [0.15, 0.2) is 0 Å². The Labute approximate surface area is 113 Å². The molecule has 0 atom stereocenters. The van der Waals surface area contributed by atoms with Crippen LogP contribution in [0.1, 0.15) is 12.0 Å². The lowest BCUT2D eigenvalue weighted by Crippen LogP contribution is -2.29. The van der Waals surface area contributed by atoms with Crippen LogP contribution in [0.3, 0.4) is 0 Å². The summed E-state index contributed by atoms with van der Waals surface area (Å²) in [6, 6.07) is 4.61. The highest BCUT2D eigenvalue weighted by Gasteiger charge is 2.11. The number of aliphatic carboxylic acids is 1. The largest absolute Gasteiger partial charge is 0.481 e. The quantitative estimate of drug-likeness (QED) is 0.805. The third-order valence-corrected chi connectivity index (χ3v) is 2.95. The molecule has 0 bridgehead atoms. The molecule has 1 rings (SSSR count). The molecule has 6 heteroatoms. The monoisotopic (exact) mass is 319 g/mol. The lowest BCUT2D eigenvalue weighted by molar-refractivity contribution is -0.137. The van der Waals surface area contributed by atoms with Crippen molar-refractivity contribution in [1.82, 2.24) is 4.90 Å². The van der Waals surface area contributed by atoms with Crippen molar-refractivity contribution in [3.63, 3.8) is 0 Å². The van der Waals surface area contributed by atoms with Gasteiger partial charge in [-0.2, -0.15) is 0 Å². The summed E-state index contributed by atoms with van der Waals surface area (Å²) in [6.07, 6.45) is -0.0321. The van der Waals surface area contributed by atoms with Gasteiger partial charge >= 0.3 is 5.97 Å². The first-order valence-electron chi connectivity index (χ1n) is 5.52. The second-order valence-corrected chi connectivity index (χ2v) is 4.79. The molecule has 0 saturated heterocycles. The minimum absolute atomic E-state index is 0.0321. The van der Waals surface area contributed by atoms with E-state index < -0.39 is 5.97 Å². The smallest absolute Gasteiger partial charge is 0.304 e. The van der Waals surface area contributed by atoms with Gasteiger partial charge in [0.25, 0.3) is 0 Å². The standard InChI is InChI=1S/C12H15BrFNO3/c13-10-1-2-11(14)9(7-10)8-15(5-6-16)4-3-12(17)18/h1-2,7,16H,3-6,8H2,(H,17,18). The minimum atomic E-state index is -0.910. The van der Waals surface area contributed by atoms with E-state index in [1.54, 1.807) is 17.0 Å². The van der Waals surface area contributed by atoms with Crippen LogP contribution in [0.2, 0.25) is 0 Å². The van der Waals surface area contributed by atoms with Crippen molar-refractivity contribution in [2.45, 2.75) is 13.0 Å². The van der Waals surface area contributed by atoms with Gasteiger partial charge in [0, 0.05) is 29.7 Å². The lowest BCUT2D eigenvalue weighted by Gasteiger charge is -2.20. The van der Waals surface area contributed by atoms with Crippen LogP contribution in [0, 0.1) is 5.82 Å². The molecule has 1 aromatic rings. The molecular formula is C12H15BrFNO3. The van der Waals surface area contributed by atoms with Gasteiger partial charge in [0.1, 0.15) is 5.82 Å². The van der Waals surface area contributed by atoms with E-state index in [2.05, 4.69) is 15.9 Å². The second-order valence-electron chi connectivity index (χ2n) is 3.88. The fraction of sp³-hybridized carbons (Fsp3) is 0.417. The molecule has 100 valence electrons. The lowest BCUT2D eigenvalue weighted by atomic mass is 10.2. The van der Waals surface area contributed by atoms with Crippen LogP contribution < -0.4 is 0 Å². The average molecular weight is 320 g/mol. The molecule has 0 aliphatic rings. The topological polar surface area (TPSA) is 60.8 Å². The molecule has 18 heavy (non-hydrogen) atoms. The zero-order chi connectivity index (χ0) is 13.5. The molecule has 2 N–H and O–H groups in total. The Balaban J connectivity index is 2.69. The van der Waals surface area contributed by atoms with Crippen molar-refractivity contribution in [3.05, 3.63) is 34.1 Å². The van der Waals surface area contributed by atoms with Crippen molar-refractivity contribution in [2.75, 3.05) is 19.7 Å². The van der Waals surface area contributed by atoms with Crippen LogP contribution in [0.25, 0.3) is 0 Å². The zero-order valence-electron chi connectivity index (χ0n) is 9.77. The van der Waals surface area contributed by atoms with Gasteiger partial charge in [-0.25, -0.2) is 4.39 Å². The maximum Gasteiger partial charge on any atom is 0.304 e. The van der Waals surface area contributed by atoms with Crippen molar-refractivity contribution >= 4 is 21.9 Å². The number of benzene rings is 1. The first kappa shape index (κ1) is 15.1. The Kier molecular flexibility index (Phi) is 6.24. The molecule has 0 aliphatic carbocycles. The molecule has 0 saturated carbocycles. The Morgan fingerprint density at radius 1 is 1.39 bits per heavy atom. The van der Waals surface area contributed by atoms with E-state index >= 15 is 0 Å². The summed E-state index contributed by atoms with van der Waals surface area (Å²) in [5.41, 5.74) is 0.475. The molecule has 0 aliphatic heterocycles. The van der Waals surface area contributed by atoms with Gasteiger partial charge in [-0.3, -0.25) is 9.69 Å². The van der Waals surface area contributed by atoms with Crippen molar-refractivity contribution in [2.24, 2.45) is 0 Å². The van der Waals surface area contributed by atoms with Crippen LogP contribution in [0.5, 0.6) is 0 Å². The van der Waals surface area contributed by atoms with Crippen LogP contribution >= 0.6 is 15.9 Å². The summed E-state index contributed by atoms with van der Waals surface area (Å²) in [4.78, 5) is 12.2. The Morgan fingerprint density at radius 2 is 2.11 bits per heavy atom. The Bertz CT molecular complexity index is 414. The maximum absolute atomic E-state index is 13.5. The van der Waals surface area contributed by atoms with Crippen molar-refractivity contribution in [3.8, 4) is 0 Å². The molecule has 0 heterocycles. The molecule has 0 amide bonds. The Morgan fingerprint density at radius 3 is 2.72 bits per heavy atom. The van der Waals surface area contributed by atoms with Gasteiger partial charge in [0.05, 0.1) is 13.0 Å². The number of nitrogens with zero attached hydrogens (tertiary/aromatic N) is 1. The van der Waals surface area contributed by atoms with E-state index in [1.165, 1.54) is 6.07 Å². The van der Waals surface area contributed by atoms with Gasteiger partial charge < -0.3 is 10.2 Å². The van der Waals surface area contributed by atoms with E-state index in [1.807, 2.05) is 0 Å². The van der Waals surface area contributed by atoms with E-state index in [9.17, 15) is 9.18 Å². The normalized spacial score (nSPS) is 10.9. The molecule has 0 radical (unpaired) electrons. The van der Waals surface area contributed by atoms with Gasteiger partial charge in [-0.1, -0.05) is 15.9 Å². The molecule has 1 aromatic carbocycles. The highest BCUT2D eigenvalue weighted by Crippen LogP contribution is 2.17. The third kappa shape index (κ3) is 5.12. The predicted octanol–water partition coefficient (Wildman–Crippen LogP) is 1.86. The molecule has 4 nitrogen and oxygen atoms in total. The number of carbonyl (C=O) groups is 1. The van der Waals surface area contributed by atoms with Crippen molar-refractivity contribution in [1.29, 1.82) is 0 Å². The summed E-state index contributed by atoms with van der Waals surface area (Å²) in [6.45, 7) is 0.787. The highest BCUT2D eigenvalue weighted by atomic mass is 79.9. The number of hydrogen-bond donors (Lipinski definition) is 2. The Hall–Kier alpha value is -0.980. The van der Waals surface area contributed by atoms with Crippen LogP contribution in [0.4, 0.5) is 4.39 Å². The predicted molar refractivity (Wildman–Crippen MR) is 68.7 cm³/mol. The average Bonchev–Trinajstić information content (AvgIpc) is 2.31. The second kappa shape index (κ2) is 7.45. The first-order chi connectivity index (χ1) is 8.52. The van der Waals surface area contributed by atoms with Crippen LogP contribution in [-0.4, -0.2) is 40.8 Å². The fourth-order valence-electron chi connectivity index (χ4n) is 1.57. The van der Waals surface area contributed by atoms with E-state index in [-0.39, 0.29) is 31.9 Å². The fourth-order valence-corrected chi connectivity index (χ4v) is 1.98. The van der Waals surface area contributed by atoms with Crippen LogP contribution in [0.15, 0.2) is 22.7 Å². The molecular weight excluding hydrogens is 305 g/mol. The summed E-state index contributed by atoms with van der Waals surface area (Å²) in [7, 11) is 0. The van der Waals surface area contributed by atoms with Crippen LogP contribution in [-0.2, 0) is 11.3 Å². The number of halogens is 2. The first-order valence-corrected chi connectivity index (χ1v) is 6.31. The number of carboxylic acids is 1. The molecule has 0 aromatic heterocycles. The van der Waals surface area contributed by atoms with Gasteiger partial charge in [0.2, 0.25) is 0 Å². The van der Waals surface area contributed by atoms with E-state index in [0.29, 0.717) is 12.1 Å². The minimum Gasteiger partial charge on any atom is -0.481 e.